The van der Waals surface area contributed by atoms with Crippen molar-refractivity contribution in [3.05, 3.63) is 60.4 Å². The number of para-hydroxylation sites is 3. The van der Waals surface area contributed by atoms with E-state index in [2.05, 4.69) is 15.3 Å². The number of carbonyl (C=O) groups excluding carboxylic acids is 1. The molecule has 0 aliphatic carbocycles. The molecule has 0 saturated heterocycles. The quantitative estimate of drug-likeness (QED) is 0.735. The van der Waals surface area contributed by atoms with Gasteiger partial charge in [0, 0.05) is 13.0 Å². The number of carbonyl (C=O) groups is 1. The van der Waals surface area contributed by atoms with Gasteiger partial charge in [0.25, 0.3) is 5.91 Å². The lowest BCUT2D eigenvalue weighted by molar-refractivity contribution is -0.127. The predicted octanol–water partition coefficient (Wildman–Crippen LogP) is 2.69. The zero-order valence-electron chi connectivity index (χ0n) is 13.0. The normalized spacial score (nSPS) is 12.0. The highest BCUT2D eigenvalue weighted by molar-refractivity contribution is 5.80. The molecule has 3 rings (SSSR count). The number of H-pyrrole nitrogens is 1. The summed E-state index contributed by atoms with van der Waals surface area (Å²) < 4.78 is 5.59. The van der Waals surface area contributed by atoms with Crippen LogP contribution in [0.1, 0.15) is 12.7 Å². The van der Waals surface area contributed by atoms with E-state index in [1.807, 2.05) is 54.6 Å². The van der Waals surface area contributed by atoms with Crippen LogP contribution in [0.15, 0.2) is 54.6 Å². The Bertz CT molecular complexity index is 750. The van der Waals surface area contributed by atoms with Gasteiger partial charge in [0.2, 0.25) is 0 Å². The molecule has 5 heteroatoms. The average molecular weight is 309 g/mol. The smallest absolute Gasteiger partial charge is 0.260 e. The van der Waals surface area contributed by atoms with Crippen LogP contribution >= 0.6 is 0 Å². The first-order chi connectivity index (χ1) is 11.2. The van der Waals surface area contributed by atoms with Gasteiger partial charge < -0.3 is 15.0 Å². The first-order valence-electron chi connectivity index (χ1n) is 7.65. The topological polar surface area (TPSA) is 67.0 Å². The highest BCUT2D eigenvalue weighted by Crippen LogP contribution is 2.11. The third kappa shape index (κ3) is 3.88. The Kier molecular flexibility index (Phi) is 4.57. The summed E-state index contributed by atoms with van der Waals surface area (Å²) in [6.07, 6.45) is 0.117. The maximum Gasteiger partial charge on any atom is 0.260 e. The van der Waals surface area contributed by atoms with Crippen molar-refractivity contribution in [1.29, 1.82) is 0 Å². The molecule has 1 amide bonds. The SMILES string of the molecule is CC(Oc1ccccc1)C(=O)NCCc1nc2ccccc2[nH]1. The summed E-state index contributed by atoms with van der Waals surface area (Å²) in [5.74, 6) is 1.42. The largest absolute Gasteiger partial charge is 0.481 e. The molecule has 118 valence electrons. The summed E-state index contributed by atoms with van der Waals surface area (Å²) in [6, 6.07) is 17.2. The third-order valence-electron chi connectivity index (χ3n) is 3.52. The van der Waals surface area contributed by atoms with E-state index in [1.165, 1.54) is 0 Å². The van der Waals surface area contributed by atoms with E-state index in [0.717, 1.165) is 16.9 Å². The summed E-state index contributed by atoms with van der Waals surface area (Å²) in [4.78, 5) is 19.8. The Morgan fingerprint density at radius 1 is 1.17 bits per heavy atom. The summed E-state index contributed by atoms with van der Waals surface area (Å²) in [5.41, 5.74) is 1.95. The van der Waals surface area contributed by atoms with Gasteiger partial charge >= 0.3 is 0 Å². The fourth-order valence-corrected chi connectivity index (χ4v) is 2.33. The molecule has 0 bridgehead atoms. The third-order valence-corrected chi connectivity index (χ3v) is 3.52. The Morgan fingerprint density at radius 3 is 2.70 bits per heavy atom. The van der Waals surface area contributed by atoms with Crippen LogP contribution in [0.5, 0.6) is 5.75 Å². The van der Waals surface area contributed by atoms with E-state index in [0.29, 0.717) is 18.7 Å². The number of imidazole rings is 1. The number of amides is 1. The van der Waals surface area contributed by atoms with Crippen LogP contribution in [-0.4, -0.2) is 28.5 Å². The van der Waals surface area contributed by atoms with Crippen molar-refractivity contribution in [2.45, 2.75) is 19.4 Å². The first kappa shape index (κ1) is 15.1. The van der Waals surface area contributed by atoms with Gasteiger partial charge in [-0.05, 0) is 31.2 Å². The maximum atomic E-state index is 12.0. The molecule has 1 unspecified atom stereocenters. The van der Waals surface area contributed by atoms with Crippen LogP contribution in [0.3, 0.4) is 0 Å². The van der Waals surface area contributed by atoms with Gasteiger partial charge in [0.05, 0.1) is 11.0 Å². The number of nitrogens with zero attached hydrogens (tertiary/aromatic N) is 1. The van der Waals surface area contributed by atoms with E-state index in [9.17, 15) is 4.79 Å². The number of nitrogens with one attached hydrogen (secondary N) is 2. The molecule has 0 spiro atoms. The molecule has 1 aromatic heterocycles. The van der Waals surface area contributed by atoms with Crippen LogP contribution in [0.2, 0.25) is 0 Å². The van der Waals surface area contributed by atoms with E-state index < -0.39 is 6.10 Å². The Labute approximate surface area is 134 Å². The molecular weight excluding hydrogens is 290 g/mol. The van der Waals surface area contributed by atoms with Crippen LogP contribution in [0, 0.1) is 0 Å². The van der Waals surface area contributed by atoms with E-state index >= 15 is 0 Å². The molecule has 23 heavy (non-hydrogen) atoms. The fourth-order valence-electron chi connectivity index (χ4n) is 2.33. The van der Waals surface area contributed by atoms with Gasteiger partial charge in [-0.1, -0.05) is 30.3 Å². The van der Waals surface area contributed by atoms with Gasteiger partial charge in [-0.2, -0.15) is 0 Å². The summed E-state index contributed by atoms with van der Waals surface area (Å²) in [6.45, 7) is 2.25. The summed E-state index contributed by atoms with van der Waals surface area (Å²) >= 11 is 0. The van der Waals surface area contributed by atoms with Gasteiger partial charge in [-0.3, -0.25) is 4.79 Å². The molecule has 0 saturated carbocycles. The van der Waals surface area contributed by atoms with Crippen molar-refractivity contribution in [3.8, 4) is 5.75 Å². The zero-order valence-corrected chi connectivity index (χ0v) is 13.0. The number of fused-ring (bicyclic) bond motifs is 1. The van der Waals surface area contributed by atoms with Gasteiger partial charge in [0.1, 0.15) is 11.6 Å². The highest BCUT2D eigenvalue weighted by atomic mass is 16.5. The molecule has 2 N–H and O–H groups in total. The Hall–Kier alpha value is -2.82. The number of aromatic nitrogens is 2. The van der Waals surface area contributed by atoms with E-state index in [4.69, 9.17) is 4.74 Å². The molecular formula is C18H19N3O2. The van der Waals surface area contributed by atoms with Crippen molar-refractivity contribution >= 4 is 16.9 Å². The second-order valence-electron chi connectivity index (χ2n) is 5.31. The minimum absolute atomic E-state index is 0.134. The Balaban J connectivity index is 1.48. The van der Waals surface area contributed by atoms with Crippen LogP contribution < -0.4 is 10.1 Å². The van der Waals surface area contributed by atoms with Gasteiger partial charge in [0.15, 0.2) is 6.10 Å². The van der Waals surface area contributed by atoms with Crippen molar-refractivity contribution in [2.75, 3.05) is 6.54 Å². The molecule has 5 nitrogen and oxygen atoms in total. The van der Waals surface area contributed by atoms with Crippen molar-refractivity contribution in [2.24, 2.45) is 0 Å². The van der Waals surface area contributed by atoms with Crippen LogP contribution in [0.25, 0.3) is 11.0 Å². The first-order valence-corrected chi connectivity index (χ1v) is 7.65. The van der Waals surface area contributed by atoms with Gasteiger partial charge in [-0.25, -0.2) is 4.98 Å². The molecule has 0 radical (unpaired) electrons. The molecule has 3 aromatic rings. The van der Waals surface area contributed by atoms with Crippen LogP contribution in [-0.2, 0) is 11.2 Å². The average Bonchev–Trinajstić information content (AvgIpc) is 2.98. The van der Waals surface area contributed by atoms with Gasteiger partial charge in [-0.15, -0.1) is 0 Å². The summed E-state index contributed by atoms with van der Waals surface area (Å²) in [7, 11) is 0. The number of aromatic amines is 1. The van der Waals surface area contributed by atoms with Crippen molar-refractivity contribution in [3.63, 3.8) is 0 Å². The second kappa shape index (κ2) is 6.96. The molecule has 0 aliphatic rings. The lowest BCUT2D eigenvalue weighted by Crippen LogP contribution is -2.37. The molecule has 1 atom stereocenters. The second-order valence-corrected chi connectivity index (χ2v) is 5.31. The minimum atomic E-state index is -0.534. The van der Waals surface area contributed by atoms with Crippen LogP contribution in [0.4, 0.5) is 0 Å². The fraction of sp³-hybridized carbons (Fsp3) is 0.222. The molecule has 1 heterocycles. The maximum absolute atomic E-state index is 12.0. The molecule has 2 aromatic carbocycles. The molecule has 0 aliphatic heterocycles. The van der Waals surface area contributed by atoms with Crippen molar-refractivity contribution in [1.82, 2.24) is 15.3 Å². The number of hydrogen-bond acceptors (Lipinski definition) is 3. The Morgan fingerprint density at radius 2 is 1.91 bits per heavy atom. The number of ether oxygens (including phenoxy) is 1. The predicted molar refractivity (Wildman–Crippen MR) is 89.3 cm³/mol. The number of benzene rings is 2. The monoisotopic (exact) mass is 309 g/mol. The lowest BCUT2D eigenvalue weighted by Gasteiger charge is -2.14. The van der Waals surface area contributed by atoms with E-state index in [-0.39, 0.29) is 5.91 Å². The minimum Gasteiger partial charge on any atom is -0.481 e. The number of hydrogen-bond donors (Lipinski definition) is 2. The summed E-state index contributed by atoms with van der Waals surface area (Å²) in [5, 5.41) is 2.87. The standard InChI is InChI=1S/C18H19N3O2/c1-13(23-14-7-3-2-4-8-14)18(22)19-12-11-17-20-15-9-5-6-10-16(15)21-17/h2-10,13H,11-12H2,1H3,(H,19,22)(H,20,21). The van der Waals surface area contributed by atoms with Crippen molar-refractivity contribution < 1.29 is 9.53 Å². The zero-order chi connectivity index (χ0) is 16.1. The van der Waals surface area contributed by atoms with E-state index in [1.54, 1.807) is 6.92 Å². The number of rotatable bonds is 6. The highest BCUT2D eigenvalue weighted by Gasteiger charge is 2.14. The molecule has 0 fully saturated rings. The lowest BCUT2D eigenvalue weighted by atomic mass is 10.3.